The van der Waals surface area contributed by atoms with Crippen LogP contribution in [-0.2, 0) is 0 Å². The second kappa shape index (κ2) is 5.55. The first-order valence-electron chi connectivity index (χ1n) is 6.00. The van der Waals surface area contributed by atoms with Gasteiger partial charge < -0.3 is 5.11 Å². The molecule has 0 bridgehead atoms. The number of allylic oxidation sites excluding steroid dienone is 1. The lowest BCUT2D eigenvalue weighted by atomic mass is 9.77. The molecule has 0 heterocycles. The SMILES string of the molecule is CC/C(C)=C/C(O)C1CCCCC1C. The van der Waals surface area contributed by atoms with Crippen molar-refractivity contribution in [2.24, 2.45) is 11.8 Å². The lowest BCUT2D eigenvalue weighted by molar-refractivity contribution is 0.0879. The van der Waals surface area contributed by atoms with E-state index in [-0.39, 0.29) is 6.10 Å². The molecule has 0 aromatic carbocycles. The fourth-order valence-corrected chi connectivity index (χ4v) is 2.39. The summed E-state index contributed by atoms with van der Waals surface area (Å²) in [5.74, 6) is 1.20. The van der Waals surface area contributed by atoms with Gasteiger partial charge in [0.2, 0.25) is 0 Å². The number of hydrogen-bond donors (Lipinski definition) is 1. The van der Waals surface area contributed by atoms with Gasteiger partial charge in [-0.05, 0) is 31.6 Å². The first kappa shape index (κ1) is 11.8. The van der Waals surface area contributed by atoms with Gasteiger partial charge >= 0.3 is 0 Å². The molecule has 1 nitrogen and oxygen atoms in total. The van der Waals surface area contributed by atoms with Crippen LogP contribution in [0.5, 0.6) is 0 Å². The van der Waals surface area contributed by atoms with Gasteiger partial charge in [-0.3, -0.25) is 0 Å². The van der Waals surface area contributed by atoms with Crippen molar-refractivity contribution in [1.82, 2.24) is 0 Å². The topological polar surface area (TPSA) is 20.2 Å². The molecule has 14 heavy (non-hydrogen) atoms. The molecular weight excluding hydrogens is 172 g/mol. The maximum Gasteiger partial charge on any atom is 0.0754 e. The van der Waals surface area contributed by atoms with Crippen LogP contribution in [-0.4, -0.2) is 11.2 Å². The first-order chi connectivity index (χ1) is 6.65. The Labute approximate surface area is 88.2 Å². The Bertz CT molecular complexity index is 195. The van der Waals surface area contributed by atoms with E-state index in [1.807, 2.05) is 0 Å². The zero-order chi connectivity index (χ0) is 10.6. The molecule has 0 aromatic rings. The zero-order valence-corrected chi connectivity index (χ0v) is 9.79. The van der Waals surface area contributed by atoms with E-state index in [9.17, 15) is 5.11 Å². The van der Waals surface area contributed by atoms with Crippen LogP contribution in [0, 0.1) is 11.8 Å². The van der Waals surface area contributed by atoms with Crippen LogP contribution in [0.4, 0.5) is 0 Å². The fraction of sp³-hybridized carbons (Fsp3) is 0.846. The Balaban J connectivity index is 2.53. The first-order valence-corrected chi connectivity index (χ1v) is 6.00. The molecular formula is C13H24O. The van der Waals surface area contributed by atoms with Crippen molar-refractivity contribution in [3.05, 3.63) is 11.6 Å². The van der Waals surface area contributed by atoms with Crippen molar-refractivity contribution < 1.29 is 5.11 Å². The highest BCUT2D eigenvalue weighted by Crippen LogP contribution is 2.32. The monoisotopic (exact) mass is 196 g/mol. The highest BCUT2D eigenvalue weighted by molar-refractivity contribution is 5.03. The van der Waals surface area contributed by atoms with Crippen LogP contribution in [0.2, 0.25) is 0 Å². The van der Waals surface area contributed by atoms with Crippen LogP contribution in [0.1, 0.15) is 52.9 Å². The number of aliphatic hydroxyl groups is 1. The summed E-state index contributed by atoms with van der Waals surface area (Å²) in [6.07, 6.45) is 8.05. The van der Waals surface area contributed by atoms with Gasteiger partial charge in [0.1, 0.15) is 0 Å². The third-order valence-corrected chi connectivity index (χ3v) is 3.63. The Morgan fingerprint density at radius 2 is 2.07 bits per heavy atom. The molecule has 1 aliphatic carbocycles. The van der Waals surface area contributed by atoms with Crippen molar-refractivity contribution in [3.8, 4) is 0 Å². The van der Waals surface area contributed by atoms with Crippen molar-refractivity contribution in [1.29, 1.82) is 0 Å². The summed E-state index contributed by atoms with van der Waals surface area (Å²) in [5.41, 5.74) is 1.32. The molecule has 0 radical (unpaired) electrons. The Morgan fingerprint density at radius 1 is 1.43 bits per heavy atom. The summed E-state index contributed by atoms with van der Waals surface area (Å²) in [6.45, 7) is 6.53. The molecule has 0 aliphatic heterocycles. The second-order valence-electron chi connectivity index (χ2n) is 4.78. The van der Waals surface area contributed by atoms with Crippen molar-refractivity contribution >= 4 is 0 Å². The van der Waals surface area contributed by atoms with Crippen molar-refractivity contribution in [2.45, 2.75) is 59.0 Å². The highest BCUT2D eigenvalue weighted by atomic mass is 16.3. The molecule has 82 valence electrons. The van der Waals surface area contributed by atoms with E-state index in [0.29, 0.717) is 11.8 Å². The maximum atomic E-state index is 10.1. The van der Waals surface area contributed by atoms with Gasteiger partial charge in [0.05, 0.1) is 6.10 Å². The van der Waals surface area contributed by atoms with E-state index in [1.54, 1.807) is 0 Å². The average molecular weight is 196 g/mol. The average Bonchev–Trinajstić information content (AvgIpc) is 2.18. The third-order valence-electron chi connectivity index (χ3n) is 3.63. The molecule has 0 aromatic heterocycles. The molecule has 1 saturated carbocycles. The summed E-state index contributed by atoms with van der Waals surface area (Å²) >= 11 is 0. The second-order valence-corrected chi connectivity index (χ2v) is 4.78. The van der Waals surface area contributed by atoms with E-state index >= 15 is 0 Å². The molecule has 1 N–H and O–H groups in total. The Kier molecular flexibility index (Phi) is 4.67. The standard InChI is InChI=1S/C13H24O/c1-4-10(2)9-13(14)12-8-6-5-7-11(12)3/h9,11-14H,4-8H2,1-3H3/b10-9+. The molecule has 1 fully saturated rings. The van der Waals surface area contributed by atoms with Crippen LogP contribution in [0.3, 0.4) is 0 Å². The van der Waals surface area contributed by atoms with Crippen LogP contribution >= 0.6 is 0 Å². The third kappa shape index (κ3) is 3.13. The van der Waals surface area contributed by atoms with Gasteiger partial charge in [-0.15, -0.1) is 0 Å². The normalized spacial score (nSPS) is 31.6. The molecule has 0 amide bonds. The lowest BCUT2D eigenvalue weighted by Gasteiger charge is -2.31. The molecule has 3 atom stereocenters. The van der Waals surface area contributed by atoms with E-state index in [1.165, 1.54) is 31.3 Å². The summed E-state index contributed by atoms with van der Waals surface area (Å²) in [6, 6.07) is 0. The quantitative estimate of drug-likeness (QED) is 0.685. The van der Waals surface area contributed by atoms with Gasteiger partial charge in [0.15, 0.2) is 0 Å². The van der Waals surface area contributed by atoms with Crippen molar-refractivity contribution in [3.63, 3.8) is 0 Å². The summed E-state index contributed by atoms with van der Waals surface area (Å²) in [7, 11) is 0. The molecule has 1 rings (SSSR count). The maximum absolute atomic E-state index is 10.1. The minimum atomic E-state index is -0.203. The van der Waals surface area contributed by atoms with Gasteiger partial charge in [-0.2, -0.15) is 0 Å². The molecule has 3 unspecified atom stereocenters. The van der Waals surface area contributed by atoms with E-state index in [0.717, 1.165) is 6.42 Å². The zero-order valence-electron chi connectivity index (χ0n) is 9.79. The predicted octanol–water partition coefficient (Wildman–Crippen LogP) is 3.53. The summed E-state index contributed by atoms with van der Waals surface area (Å²) in [5, 5.41) is 10.1. The molecule has 1 aliphatic rings. The van der Waals surface area contributed by atoms with Crippen molar-refractivity contribution in [2.75, 3.05) is 0 Å². The highest BCUT2D eigenvalue weighted by Gasteiger charge is 2.26. The molecule has 0 saturated heterocycles. The van der Waals surface area contributed by atoms with Crippen LogP contribution in [0.15, 0.2) is 11.6 Å². The minimum absolute atomic E-state index is 0.203. The molecule has 1 heteroatoms. The van der Waals surface area contributed by atoms with Gasteiger partial charge in [0.25, 0.3) is 0 Å². The minimum Gasteiger partial charge on any atom is -0.389 e. The van der Waals surface area contributed by atoms with Gasteiger partial charge in [0, 0.05) is 0 Å². The summed E-state index contributed by atoms with van der Waals surface area (Å²) < 4.78 is 0. The van der Waals surface area contributed by atoms with Crippen LogP contribution < -0.4 is 0 Å². The van der Waals surface area contributed by atoms with E-state index < -0.39 is 0 Å². The summed E-state index contributed by atoms with van der Waals surface area (Å²) in [4.78, 5) is 0. The van der Waals surface area contributed by atoms with E-state index in [2.05, 4.69) is 26.8 Å². The number of aliphatic hydroxyl groups excluding tert-OH is 1. The van der Waals surface area contributed by atoms with Crippen LogP contribution in [0.25, 0.3) is 0 Å². The largest absolute Gasteiger partial charge is 0.389 e. The molecule has 0 spiro atoms. The van der Waals surface area contributed by atoms with Gasteiger partial charge in [-0.1, -0.05) is 44.8 Å². The number of hydrogen-bond acceptors (Lipinski definition) is 1. The fourth-order valence-electron chi connectivity index (χ4n) is 2.39. The Hall–Kier alpha value is -0.300. The smallest absolute Gasteiger partial charge is 0.0754 e. The van der Waals surface area contributed by atoms with E-state index in [4.69, 9.17) is 0 Å². The predicted molar refractivity (Wildman–Crippen MR) is 61.2 cm³/mol. The Morgan fingerprint density at radius 3 is 2.64 bits per heavy atom. The van der Waals surface area contributed by atoms with Gasteiger partial charge in [-0.25, -0.2) is 0 Å². The number of rotatable bonds is 3. The lowest BCUT2D eigenvalue weighted by Crippen LogP contribution is -2.28.